The van der Waals surface area contributed by atoms with Crippen LogP contribution in [0.4, 0.5) is 10.1 Å². The minimum atomic E-state index is -0.189. The highest BCUT2D eigenvalue weighted by atomic mass is 19.1. The minimum absolute atomic E-state index is 0.000417. The van der Waals surface area contributed by atoms with Gasteiger partial charge >= 0.3 is 0 Å². The molecule has 0 radical (unpaired) electrons. The quantitative estimate of drug-likeness (QED) is 0.591. The van der Waals surface area contributed by atoms with Gasteiger partial charge in [-0.25, -0.2) is 4.39 Å². The first-order valence-corrected chi connectivity index (χ1v) is 9.05. The Morgan fingerprint density at radius 1 is 1.04 bits per heavy atom. The van der Waals surface area contributed by atoms with E-state index in [9.17, 15) is 4.39 Å². The van der Waals surface area contributed by atoms with Gasteiger partial charge in [-0.2, -0.15) is 0 Å². The van der Waals surface area contributed by atoms with Crippen molar-refractivity contribution >= 4 is 16.5 Å². The molecule has 3 aromatic carbocycles. The number of methoxy groups -OCH3 is 1. The van der Waals surface area contributed by atoms with Crippen LogP contribution >= 0.6 is 0 Å². The molecule has 0 fully saturated rings. The number of fused-ring (bicyclic) bond motifs is 4. The van der Waals surface area contributed by atoms with Gasteiger partial charge in [-0.15, -0.1) is 0 Å². The second-order valence-electron chi connectivity index (χ2n) is 7.08. The summed E-state index contributed by atoms with van der Waals surface area (Å²) in [5.41, 5.74) is 2.80. The third-order valence-corrected chi connectivity index (χ3v) is 5.81. The van der Waals surface area contributed by atoms with E-state index in [-0.39, 0.29) is 17.8 Å². The average molecular weight is 345 g/mol. The van der Waals surface area contributed by atoms with Crippen molar-refractivity contribution < 1.29 is 9.13 Å². The van der Waals surface area contributed by atoms with Crippen molar-refractivity contribution in [1.29, 1.82) is 0 Å². The summed E-state index contributed by atoms with van der Waals surface area (Å²) in [5.74, 6) is 1.25. The maximum absolute atomic E-state index is 14.6. The zero-order valence-electron chi connectivity index (χ0n) is 14.6. The zero-order chi connectivity index (χ0) is 17.7. The summed E-state index contributed by atoms with van der Waals surface area (Å²) in [5, 5.41) is 5.86. The largest absolute Gasteiger partial charge is 0.496 e. The van der Waals surface area contributed by atoms with Crippen molar-refractivity contribution in [2.45, 2.75) is 18.4 Å². The highest BCUT2D eigenvalue weighted by Gasteiger charge is 2.40. The lowest BCUT2D eigenvalue weighted by Gasteiger charge is -2.38. The summed E-state index contributed by atoms with van der Waals surface area (Å²) in [6.45, 7) is 0. The van der Waals surface area contributed by atoms with E-state index in [1.165, 1.54) is 11.5 Å². The van der Waals surface area contributed by atoms with Crippen LogP contribution in [0.3, 0.4) is 0 Å². The van der Waals surface area contributed by atoms with E-state index in [0.29, 0.717) is 11.6 Å². The third kappa shape index (κ3) is 2.16. The number of allylic oxidation sites excluding steroid dienone is 2. The Labute approximate surface area is 152 Å². The molecule has 1 N–H and O–H groups in total. The monoisotopic (exact) mass is 345 g/mol. The summed E-state index contributed by atoms with van der Waals surface area (Å²) in [6.07, 6.45) is 5.43. The van der Waals surface area contributed by atoms with Crippen molar-refractivity contribution in [2.75, 3.05) is 12.4 Å². The average Bonchev–Trinajstić information content (AvgIpc) is 3.17. The smallest absolute Gasteiger partial charge is 0.146 e. The first kappa shape index (κ1) is 15.4. The maximum Gasteiger partial charge on any atom is 0.146 e. The molecule has 3 atom stereocenters. The SMILES string of the molecule is COc1ccc2ccccc2c1C1Nc2c(F)cccc2C2C=CCC21. The second-order valence-corrected chi connectivity index (χ2v) is 7.08. The molecule has 1 aliphatic heterocycles. The van der Waals surface area contributed by atoms with E-state index in [4.69, 9.17) is 4.74 Å². The normalized spacial score (nSPS) is 23.4. The van der Waals surface area contributed by atoms with Crippen LogP contribution in [0, 0.1) is 11.7 Å². The Morgan fingerprint density at radius 3 is 2.81 bits per heavy atom. The lowest BCUT2D eigenvalue weighted by atomic mass is 9.76. The van der Waals surface area contributed by atoms with Crippen LogP contribution in [0.5, 0.6) is 5.75 Å². The molecule has 2 nitrogen and oxygen atoms in total. The van der Waals surface area contributed by atoms with Gasteiger partial charge in [0, 0.05) is 11.5 Å². The van der Waals surface area contributed by atoms with Gasteiger partial charge in [-0.05, 0) is 40.8 Å². The minimum Gasteiger partial charge on any atom is -0.496 e. The van der Waals surface area contributed by atoms with E-state index in [2.05, 4.69) is 35.7 Å². The molecule has 0 bridgehead atoms. The molecule has 26 heavy (non-hydrogen) atoms. The molecular formula is C23H20FNO. The van der Waals surface area contributed by atoms with E-state index < -0.39 is 0 Å². The molecule has 2 aliphatic rings. The predicted octanol–water partition coefficient (Wildman–Crippen LogP) is 5.81. The number of anilines is 1. The number of hydrogen-bond acceptors (Lipinski definition) is 2. The number of rotatable bonds is 2. The topological polar surface area (TPSA) is 21.3 Å². The molecule has 3 unspecified atom stereocenters. The molecule has 3 aromatic rings. The molecule has 0 aromatic heterocycles. The zero-order valence-corrected chi connectivity index (χ0v) is 14.6. The fraction of sp³-hybridized carbons (Fsp3) is 0.217. The molecule has 0 saturated carbocycles. The van der Waals surface area contributed by atoms with Crippen LogP contribution < -0.4 is 10.1 Å². The maximum atomic E-state index is 14.6. The summed E-state index contributed by atoms with van der Waals surface area (Å²) in [6, 6.07) is 17.8. The van der Waals surface area contributed by atoms with Gasteiger partial charge in [0.2, 0.25) is 0 Å². The summed E-state index contributed by atoms with van der Waals surface area (Å²) in [4.78, 5) is 0. The van der Waals surface area contributed by atoms with Gasteiger partial charge in [-0.3, -0.25) is 0 Å². The number of para-hydroxylation sites is 1. The van der Waals surface area contributed by atoms with E-state index in [1.807, 2.05) is 24.3 Å². The number of nitrogens with one attached hydrogen (secondary N) is 1. The highest BCUT2D eigenvalue weighted by molar-refractivity contribution is 5.89. The number of hydrogen-bond donors (Lipinski definition) is 1. The molecule has 0 amide bonds. The van der Waals surface area contributed by atoms with Gasteiger partial charge < -0.3 is 10.1 Å². The van der Waals surface area contributed by atoms with Crippen LogP contribution in [0.1, 0.15) is 29.5 Å². The van der Waals surface area contributed by atoms with Crippen molar-refractivity contribution in [3.8, 4) is 5.75 Å². The van der Waals surface area contributed by atoms with E-state index in [0.717, 1.165) is 28.7 Å². The lowest BCUT2D eigenvalue weighted by molar-refractivity contribution is 0.381. The lowest BCUT2D eigenvalue weighted by Crippen LogP contribution is -2.30. The molecule has 5 rings (SSSR count). The Morgan fingerprint density at radius 2 is 1.92 bits per heavy atom. The molecule has 0 spiro atoms. The number of ether oxygens (including phenoxy) is 1. The van der Waals surface area contributed by atoms with Crippen molar-refractivity contribution in [3.05, 3.63) is 83.7 Å². The first-order chi connectivity index (χ1) is 12.8. The molecule has 130 valence electrons. The highest BCUT2D eigenvalue weighted by Crippen LogP contribution is 2.52. The van der Waals surface area contributed by atoms with E-state index in [1.54, 1.807) is 13.2 Å². The molecule has 0 saturated heterocycles. The summed E-state index contributed by atoms with van der Waals surface area (Å²) < 4.78 is 20.3. The standard InChI is InChI=1S/C23H20FNO/c1-26-20-13-12-14-6-2-3-7-15(14)21(20)23-18-9-4-8-16(18)17-10-5-11-19(24)22(17)25-23/h2-8,10-13,16,18,23,25H,9H2,1H3. The van der Waals surface area contributed by atoms with Crippen molar-refractivity contribution in [2.24, 2.45) is 5.92 Å². The fourth-order valence-corrected chi connectivity index (χ4v) is 4.64. The van der Waals surface area contributed by atoms with Gasteiger partial charge in [0.05, 0.1) is 18.8 Å². The molecule has 1 heterocycles. The van der Waals surface area contributed by atoms with E-state index >= 15 is 0 Å². The van der Waals surface area contributed by atoms with Crippen LogP contribution in [0.25, 0.3) is 10.8 Å². The summed E-state index contributed by atoms with van der Waals surface area (Å²) in [7, 11) is 1.70. The number of halogens is 1. The Kier molecular flexibility index (Phi) is 3.49. The van der Waals surface area contributed by atoms with Crippen LogP contribution in [-0.2, 0) is 0 Å². The van der Waals surface area contributed by atoms with Crippen molar-refractivity contribution in [3.63, 3.8) is 0 Å². The van der Waals surface area contributed by atoms with Gasteiger partial charge in [-0.1, -0.05) is 54.6 Å². The Hall–Kier alpha value is -2.81. The summed E-state index contributed by atoms with van der Waals surface area (Å²) >= 11 is 0. The van der Waals surface area contributed by atoms with Crippen molar-refractivity contribution in [1.82, 2.24) is 0 Å². The predicted molar refractivity (Wildman–Crippen MR) is 103 cm³/mol. The van der Waals surface area contributed by atoms with Crippen LogP contribution in [0.2, 0.25) is 0 Å². The first-order valence-electron chi connectivity index (χ1n) is 9.05. The third-order valence-electron chi connectivity index (χ3n) is 5.81. The molecular weight excluding hydrogens is 325 g/mol. The Balaban J connectivity index is 1.74. The van der Waals surface area contributed by atoms with Gasteiger partial charge in [0.15, 0.2) is 0 Å². The molecule has 3 heteroatoms. The number of benzene rings is 3. The van der Waals surface area contributed by atoms with Crippen LogP contribution in [0.15, 0.2) is 66.7 Å². The second kappa shape index (κ2) is 5.87. The van der Waals surface area contributed by atoms with Crippen LogP contribution in [-0.4, -0.2) is 7.11 Å². The van der Waals surface area contributed by atoms with Gasteiger partial charge in [0.25, 0.3) is 0 Å². The van der Waals surface area contributed by atoms with Gasteiger partial charge in [0.1, 0.15) is 11.6 Å². The fourth-order valence-electron chi connectivity index (χ4n) is 4.64. The Bertz CT molecular complexity index is 1030. The molecule has 1 aliphatic carbocycles.